The summed E-state index contributed by atoms with van der Waals surface area (Å²) in [6.07, 6.45) is 3.04. The number of piperazine rings is 1. The molecule has 6 nitrogen and oxygen atoms in total. The van der Waals surface area contributed by atoms with Crippen LogP contribution in [0.4, 0.5) is 15.3 Å². The molecule has 0 bridgehead atoms. The van der Waals surface area contributed by atoms with E-state index in [4.69, 9.17) is 5.26 Å². The van der Waals surface area contributed by atoms with E-state index in [1.807, 2.05) is 6.07 Å². The molecule has 0 aliphatic carbocycles. The van der Waals surface area contributed by atoms with Gasteiger partial charge in [-0.3, -0.25) is 4.90 Å². The molecule has 2 aromatic rings. The molecule has 2 aromatic heterocycles. The predicted octanol–water partition coefficient (Wildman–Crippen LogP) is 1.70. The van der Waals surface area contributed by atoms with E-state index in [-0.39, 0.29) is 11.6 Å². The monoisotopic (exact) mass is 318 g/mol. The molecule has 3 rings (SSSR count). The molecule has 0 amide bonds. The molecule has 1 fully saturated rings. The zero-order valence-corrected chi connectivity index (χ0v) is 12.7. The number of anilines is 2. The third-order valence-electron chi connectivity index (χ3n) is 3.41. The fraction of sp³-hybridized carbons (Fsp3) is 0.357. The molecule has 3 heterocycles. The van der Waals surface area contributed by atoms with Crippen LogP contribution in [-0.2, 0) is 6.54 Å². The van der Waals surface area contributed by atoms with Gasteiger partial charge in [0.2, 0.25) is 0 Å². The van der Waals surface area contributed by atoms with Gasteiger partial charge in [0.05, 0.1) is 6.20 Å². The molecule has 2 N–H and O–H groups in total. The minimum atomic E-state index is -0.366. The lowest BCUT2D eigenvalue weighted by molar-refractivity contribution is 0.230. The summed E-state index contributed by atoms with van der Waals surface area (Å²) in [5.41, 5.74) is 0.608. The molecular weight excluding hydrogens is 303 g/mol. The quantitative estimate of drug-likeness (QED) is 0.893. The normalized spacial score (nSPS) is 15.5. The van der Waals surface area contributed by atoms with Gasteiger partial charge < -0.3 is 10.6 Å². The Labute approximate surface area is 131 Å². The Balaban J connectivity index is 1.74. The maximum absolute atomic E-state index is 14.5. The molecule has 0 unspecified atom stereocenters. The molecule has 0 radical (unpaired) electrons. The van der Waals surface area contributed by atoms with Crippen molar-refractivity contribution in [1.29, 1.82) is 5.26 Å². The van der Waals surface area contributed by atoms with Crippen molar-refractivity contribution in [3.63, 3.8) is 0 Å². The standard InChI is InChI=1S/C14H15FN6S/c15-12-10(9-21-5-3-17-4-6-21)1-2-18-13(12)20-14-19-8-11(7-16)22-14/h1-2,8,17H,3-6,9H2,(H,18,19,20). The van der Waals surface area contributed by atoms with E-state index in [9.17, 15) is 4.39 Å². The van der Waals surface area contributed by atoms with Crippen LogP contribution in [0, 0.1) is 17.1 Å². The van der Waals surface area contributed by atoms with Gasteiger partial charge in [-0.2, -0.15) is 5.26 Å². The van der Waals surface area contributed by atoms with Crippen molar-refractivity contribution in [1.82, 2.24) is 20.2 Å². The number of thiazole rings is 1. The van der Waals surface area contributed by atoms with Gasteiger partial charge in [-0.25, -0.2) is 14.4 Å². The van der Waals surface area contributed by atoms with Crippen LogP contribution >= 0.6 is 11.3 Å². The molecule has 0 aromatic carbocycles. The summed E-state index contributed by atoms with van der Waals surface area (Å²) >= 11 is 1.17. The van der Waals surface area contributed by atoms with Gasteiger partial charge in [0.25, 0.3) is 0 Å². The molecule has 114 valence electrons. The molecule has 0 atom stereocenters. The van der Waals surface area contributed by atoms with E-state index in [1.165, 1.54) is 17.5 Å². The Kier molecular flexibility index (Phi) is 4.58. The van der Waals surface area contributed by atoms with Gasteiger partial charge in [-0.05, 0) is 6.07 Å². The van der Waals surface area contributed by atoms with Gasteiger partial charge in [-0.1, -0.05) is 11.3 Å². The van der Waals surface area contributed by atoms with Crippen LogP contribution in [0.1, 0.15) is 10.4 Å². The highest BCUT2D eigenvalue weighted by molar-refractivity contribution is 7.16. The molecule has 1 saturated heterocycles. The molecular formula is C14H15FN6S. The van der Waals surface area contributed by atoms with E-state index in [2.05, 4.69) is 25.5 Å². The van der Waals surface area contributed by atoms with E-state index in [1.54, 1.807) is 12.3 Å². The van der Waals surface area contributed by atoms with Crippen molar-refractivity contribution in [3.8, 4) is 6.07 Å². The minimum Gasteiger partial charge on any atom is -0.314 e. The summed E-state index contributed by atoms with van der Waals surface area (Å²) in [5, 5.41) is 15.4. The maximum Gasteiger partial charge on any atom is 0.189 e. The van der Waals surface area contributed by atoms with Crippen LogP contribution in [0.3, 0.4) is 0 Å². The number of nitrogens with zero attached hydrogens (tertiary/aromatic N) is 4. The summed E-state index contributed by atoms with van der Waals surface area (Å²) in [4.78, 5) is 10.7. The van der Waals surface area contributed by atoms with Gasteiger partial charge in [-0.15, -0.1) is 0 Å². The van der Waals surface area contributed by atoms with Crippen LogP contribution in [0.25, 0.3) is 0 Å². The van der Waals surface area contributed by atoms with Gasteiger partial charge in [0.1, 0.15) is 10.9 Å². The third kappa shape index (κ3) is 3.39. The molecule has 8 heteroatoms. The molecule has 0 spiro atoms. The van der Waals surface area contributed by atoms with Crippen LogP contribution in [-0.4, -0.2) is 41.0 Å². The van der Waals surface area contributed by atoms with Crippen molar-refractivity contribution in [2.75, 3.05) is 31.5 Å². The zero-order chi connectivity index (χ0) is 15.4. The fourth-order valence-electron chi connectivity index (χ4n) is 2.29. The van der Waals surface area contributed by atoms with E-state index in [0.29, 0.717) is 22.1 Å². The Morgan fingerprint density at radius 2 is 2.23 bits per heavy atom. The summed E-state index contributed by atoms with van der Waals surface area (Å²) in [7, 11) is 0. The summed E-state index contributed by atoms with van der Waals surface area (Å²) in [6.45, 7) is 4.22. The number of nitrogens with one attached hydrogen (secondary N) is 2. The Morgan fingerprint density at radius 1 is 1.41 bits per heavy atom. The minimum absolute atomic E-state index is 0.145. The fourth-order valence-corrected chi connectivity index (χ4v) is 2.90. The number of hydrogen-bond donors (Lipinski definition) is 2. The SMILES string of the molecule is N#Cc1cnc(Nc2nccc(CN3CCNCC3)c2F)s1. The Morgan fingerprint density at radius 3 is 2.95 bits per heavy atom. The number of rotatable bonds is 4. The highest BCUT2D eigenvalue weighted by atomic mass is 32.1. The number of hydrogen-bond acceptors (Lipinski definition) is 7. The number of pyridine rings is 1. The second kappa shape index (κ2) is 6.79. The lowest BCUT2D eigenvalue weighted by Gasteiger charge is -2.27. The second-order valence-electron chi connectivity index (χ2n) is 4.93. The van der Waals surface area contributed by atoms with Crippen LogP contribution in [0.15, 0.2) is 18.5 Å². The Bertz CT molecular complexity index is 689. The highest BCUT2D eigenvalue weighted by Crippen LogP contribution is 2.24. The van der Waals surface area contributed by atoms with Crippen molar-refractivity contribution in [2.45, 2.75) is 6.54 Å². The molecule has 0 saturated carbocycles. The lowest BCUT2D eigenvalue weighted by atomic mass is 10.2. The van der Waals surface area contributed by atoms with Crippen molar-refractivity contribution >= 4 is 22.3 Å². The van der Waals surface area contributed by atoms with Crippen molar-refractivity contribution in [2.24, 2.45) is 0 Å². The topological polar surface area (TPSA) is 76.9 Å². The summed E-state index contributed by atoms with van der Waals surface area (Å²) in [5.74, 6) is -0.221. The number of aromatic nitrogens is 2. The van der Waals surface area contributed by atoms with Crippen LogP contribution in [0.2, 0.25) is 0 Å². The first-order valence-electron chi connectivity index (χ1n) is 6.95. The van der Waals surface area contributed by atoms with Gasteiger partial charge in [0, 0.05) is 44.5 Å². The van der Waals surface area contributed by atoms with E-state index < -0.39 is 0 Å². The largest absolute Gasteiger partial charge is 0.314 e. The maximum atomic E-state index is 14.5. The first-order chi connectivity index (χ1) is 10.8. The average Bonchev–Trinajstić information content (AvgIpc) is 3.00. The zero-order valence-electron chi connectivity index (χ0n) is 11.8. The third-order valence-corrected chi connectivity index (χ3v) is 4.23. The highest BCUT2D eigenvalue weighted by Gasteiger charge is 2.16. The first kappa shape index (κ1) is 14.8. The molecule has 1 aliphatic heterocycles. The second-order valence-corrected chi connectivity index (χ2v) is 5.96. The van der Waals surface area contributed by atoms with Gasteiger partial charge in [0.15, 0.2) is 16.8 Å². The van der Waals surface area contributed by atoms with Crippen molar-refractivity contribution < 1.29 is 4.39 Å². The molecule has 22 heavy (non-hydrogen) atoms. The average molecular weight is 318 g/mol. The van der Waals surface area contributed by atoms with E-state index >= 15 is 0 Å². The van der Waals surface area contributed by atoms with Crippen LogP contribution in [0.5, 0.6) is 0 Å². The lowest BCUT2D eigenvalue weighted by Crippen LogP contribution is -2.43. The Hall–Kier alpha value is -2.08. The van der Waals surface area contributed by atoms with Crippen molar-refractivity contribution in [3.05, 3.63) is 34.7 Å². The van der Waals surface area contributed by atoms with E-state index in [0.717, 1.165) is 26.2 Å². The smallest absolute Gasteiger partial charge is 0.189 e. The first-order valence-corrected chi connectivity index (χ1v) is 7.77. The summed E-state index contributed by atoms with van der Waals surface area (Å²) in [6, 6.07) is 3.70. The predicted molar refractivity (Wildman–Crippen MR) is 82.5 cm³/mol. The van der Waals surface area contributed by atoms with Gasteiger partial charge >= 0.3 is 0 Å². The van der Waals surface area contributed by atoms with Crippen LogP contribution < -0.4 is 10.6 Å². The summed E-state index contributed by atoms with van der Waals surface area (Å²) < 4.78 is 14.5. The molecule has 1 aliphatic rings. The number of nitriles is 1. The number of halogens is 1.